The molecule has 6 nitrogen and oxygen atoms in total. The predicted octanol–water partition coefficient (Wildman–Crippen LogP) is 4.38. The SMILES string of the molecule is O=C(COc1cccc2ccccc12)Nc1ccccc1C(=O)NCc1ccco1. The van der Waals surface area contributed by atoms with Crippen molar-refractivity contribution in [1.29, 1.82) is 0 Å². The van der Waals surface area contributed by atoms with E-state index in [2.05, 4.69) is 10.6 Å². The number of carbonyl (C=O) groups excluding carboxylic acids is 2. The van der Waals surface area contributed by atoms with Crippen molar-refractivity contribution in [3.8, 4) is 5.75 Å². The summed E-state index contributed by atoms with van der Waals surface area (Å²) in [7, 11) is 0. The highest BCUT2D eigenvalue weighted by Gasteiger charge is 2.14. The van der Waals surface area contributed by atoms with Crippen molar-refractivity contribution in [2.24, 2.45) is 0 Å². The highest BCUT2D eigenvalue weighted by molar-refractivity contribution is 6.04. The lowest BCUT2D eigenvalue weighted by Crippen LogP contribution is -2.26. The van der Waals surface area contributed by atoms with Crippen molar-refractivity contribution in [1.82, 2.24) is 5.32 Å². The number of amides is 2. The Hall–Kier alpha value is -4.06. The maximum atomic E-state index is 12.5. The van der Waals surface area contributed by atoms with Gasteiger partial charge in [-0.3, -0.25) is 9.59 Å². The standard InChI is InChI=1S/C24H20N2O4/c27-23(16-30-22-13-5-8-17-7-1-2-10-19(17)22)26-21-12-4-3-11-20(21)24(28)25-15-18-9-6-14-29-18/h1-14H,15-16H2,(H,25,28)(H,26,27). The Morgan fingerprint density at radius 2 is 1.67 bits per heavy atom. The van der Waals surface area contributed by atoms with Gasteiger partial charge in [0.1, 0.15) is 11.5 Å². The molecule has 1 aromatic heterocycles. The number of hydrogen-bond acceptors (Lipinski definition) is 4. The molecule has 4 rings (SSSR count). The average Bonchev–Trinajstić information content (AvgIpc) is 3.30. The molecule has 0 radical (unpaired) electrons. The van der Waals surface area contributed by atoms with E-state index >= 15 is 0 Å². The molecule has 0 unspecified atom stereocenters. The molecule has 0 saturated heterocycles. The van der Waals surface area contributed by atoms with E-state index < -0.39 is 0 Å². The topological polar surface area (TPSA) is 80.6 Å². The molecule has 2 N–H and O–H groups in total. The van der Waals surface area contributed by atoms with Crippen LogP contribution in [0.2, 0.25) is 0 Å². The molecule has 2 amide bonds. The molecule has 0 atom stereocenters. The van der Waals surface area contributed by atoms with Crippen molar-refractivity contribution in [2.75, 3.05) is 11.9 Å². The fraction of sp³-hybridized carbons (Fsp3) is 0.0833. The second kappa shape index (κ2) is 8.96. The predicted molar refractivity (Wildman–Crippen MR) is 114 cm³/mol. The lowest BCUT2D eigenvalue weighted by atomic mass is 10.1. The summed E-state index contributed by atoms with van der Waals surface area (Å²) in [6.45, 7) is 0.0919. The van der Waals surface area contributed by atoms with Crippen LogP contribution in [0.4, 0.5) is 5.69 Å². The van der Waals surface area contributed by atoms with Crippen molar-refractivity contribution in [2.45, 2.75) is 6.54 Å². The number of hydrogen-bond donors (Lipinski definition) is 2. The summed E-state index contributed by atoms with van der Waals surface area (Å²) in [5.74, 6) is 0.618. The van der Waals surface area contributed by atoms with Gasteiger partial charge in [-0.15, -0.1) is 0 Å². The van der Waals surface area contributed by atoms with Crippen LogP contribution in [0.25, 0.3) is 10.8 Å². The number of ether oxygens (including phenoxy) is 1. The summed E-state index contributed by atoms with van der Waals surface area (Å²) >= 11 is 0. The minimum absolute atomic E-state index is 0.170. The molecule has 0 fully saturated rings. The van der Waals surface area contributed by atoms with E-state index in [0.29, 0.717) is 22.8 Å². The minimum atomic E-state index is -0.353. The third-order valence-electron chi connectivity index (χ3n) is 4.56. The third-order valence-corrected chi connectivity index (χ3v) is 4.56. The van der Waals surface area contributed by atoms with Gasteiger partial charge in [-0.1, -0.05) is 48.5 Å². The van der Waals surface area contributed by atoms with Gasteiger partial charge in [-0.2, -0.15) is 0 Å². The van der Waals surface area contributed by atoms with E-state index in [4.69, 9.17) is 9.15 Å². The first-order chi connectivity index (χ1) is 14.7. The maximum Gasteiger partial charge on any atom is 0.262 e. The van der Waals surface area contributed by atoms with Gasteiger partial charge in [-0.05, 0) is 35.7 Å². The van der Waals surface area contributed by atoms with E-state index in [-0.39, 0.29) is 25.0 Å². The first-order valence-corrected chi connectivity index (χ1v) is 9.51. The molecule has 150 valence electrons. The van der Waals surface area contributed by atoms with Crippen molar-refractivity contribution in [3.05, 3.63) is 96.4 Å². The van der Waals surface area contributed by atoms with Gasteiger partial charge in [-0.25, -0.2) is 0 Å². The number of para-hydroxylation sites is 1. The fourth-order valence-electron chi connectivity index (χ4n) is 3.12. The van der Waals surface area contributed by atoms with Crippen LogP contribution < -0.4 is 15.4 Å². The Balaban J connectivity index is 1.40. The summed E-state index contributed by atoms with van der Waals surface area (Å²) < 4.78 is 10.9. The zero-order valence-corrected chi connectivity index (χ0v) is 16.1. The lowest BCUT2D eigenvalue weighted by molar-refractivity contribution is -0.118. The highest BCUT2D eigenvalue weighted by atomic mass is 16.5. The molecular weight excluding hydrogens is 380 g/mol. The van der Waals surface area contributed by atoms with E-state index in [0.717, 1.165) is 10.8 Å². The van der Waals surface area contributed by atoms with Gasteiger partial charge in [0.2, 0.25) is 0 Å². The van der Waals surface area contributed by atoms with Crippen LogP contribution in [-0.2, 0) is 11.3 Å². The van der Waals surface area contributed by atoms with Gasteiger partial charge in [0.25, 0.3) is 11.8 Å². The maximum absolute atomic E-state index is 12.5. The number of benzene rings is 3. The Morgan fingerprint density at radius 1 is 0.867 bits per heavy atom. The zero-order chi connectivity index (χ0) is 20.8. The molecular formula is C24H20N2O4. The number of nitrogens with one attached hydrogen (secondary N) is 2. The minimum Gasteiger partial charge on any atom is -0.483 e. The Labute approximate surface area is 173 Å². The van der Waals surface area contributed by atoms with Crippen molar-refractivity contribution in [3.63, 3.8) is 0 Å². The zero-order valence-electron chi connectivity index (χ0n) is 16.1. The molecule has 0 saturated carbocycles. The van der Waals surface area contributed by atoms with Gasteiger partial charge < -0.3 is 19.8 Å². The van der Waals surface area contributed by atoms with E-state index in [1.165, 1.54) is 0 Å². The van der Waals surface area contributed by atoms with E-state index in [1.807, 2.05) is 42.5 Å². The van der Waals surface area contributed by atoms with Crippen LogP contribution in [0.1, 0.15) is 16.1 Å². The molecule has 0 aliphatic rings. The second-order valence-corrected chi connectivity index (χ2v) is 6.62. The Bertz CT molecular complexity index is 1160. The van der Waals surface area contributed by atoms with E-state index in [9.17, 15) is 9.59 Å². The van der Waals surface area contributed by atoms with Gasteiger partial charge in [0, 0.05) is 5.39 Å². The molecule has 30 heavy (non-hydrogen) atoms. The summed E-state index contributed by atoms with van der Waals surface area (Å²) in [4.78, 5) is 25.0. The quantitative estimate of drug-likeness (QED) is 0.482. The number of fused-ring (bicyclic) bond motifs is 1. The fourth-order valence-corrected chi connectivity index (χ4v) is 3.12. The largest absolute Gasteiger partial charge is 0.483 e. The van der Waals surface area contributed by atoms with E-state index in [1.54, 1.807) is 42.7 Å². The molecule has 0 aliphatic carbocycles. The lowest BCUT2D eigenvalue weighted by Gasteiger charge is -2.12. The smallest absolute Gasteiger partial charge is 0.262 e. The summed E-state index contributed by atoms with van der Waals surface area (Å²) in [5, 5.41) is 7.50. The number of rotatable bonds is 7. The first kappa shape index (κ1) is 19.3. The van der Waals surface area contributed by atoms with Crippen LogP contribution in [-0.4, -0.2) is 18.4 Å². The average molecular weight is 400 g/mol. The highest BCUT2D eigenvalue weighted by Crippen LogP contribution is 2.25. The number of furan rings is 1. The normalized spacial score (nSPS) is 10.5. The third kappa shape index (κ3) is 4.50. The number of anilines is 1. The van der Waals surface area contributed by atoms with Gasteiger partial charge in [0.15, 0.2) is 6.61 Å². The molecule has 4 aromatic rings. The Morgan fingerprint density at radius 3 is 2.53 bits per heavy atom. The Kier molecular flexibility index (Phi) is 5.75. The number of carbonyl (C=O) groups is 2. The molecule has 1 heterocycles. The molecule has 6 heteroatoms. The monoisotopic (exact) mass is 400 g/mol. The van der Waals surface area contributed by atoms with Gasteiger partial charge in [0.05, 0.1) is 24.1 Å². The molecule has 0 spiro atoms. The van der Waals surface area contributed by atoms with Crippen LogP contribution in [0.3, 0.4) is 0 Å². The molecule has 3 aromatic carbocycles. The van der Waals surface area contributed by atoms with Crippen LogP contribution in [0.15, 0.2) is 89.5 Å². The molecule has 0 aliphatic heterocycles. The van der Waals surface area contributed by atoms with Crippen molar-refractivity contribution < 1.29 is 18.7 Å². The summed E-state index contributed by atoms with van der Waals surface area (Å²) in [6, 6.07) is 23.9. The van der Waals surface area contributed by atoms with Crippen LogP contribution in [0.5, 0.6) is 5.75 Å². The summed E-state index contributed by atoms with van der Waals surface area (Å²) in [5.41, 5.74) is 0.781. The summed E-state index contributed by atoms with van der Waals surface area (Å²) in [6.07, 6.45) is 1.55. The van der Waals surface area contributed by atoms with Crippen molar-refractivity contribution >= 4 is 28.3 Å². The van der Waals surface area contributed by atoms with Gasteiger partial charge >= 0.3 is 0 Å². The van der Waals surface area contributed by atoms with Crippen LogP contribution >= 0.6 is 0 Å². The second-order valence-electron chi connectivity index (χ2n) is 6.62. The van der Waals surface area contributed by atoms with Crippen LogP contribution in [0, 0.1) is 0 Å². The molecule has 0 bridgehead atoms. The first-order valence-electron chi connectivity index (χ1n) is 9.51.